The maximum atomic E-state index is 11.8. The Bertz CT molecular complexity index is 819. The molecular weight excluding hydrogens is 352 g/mol. The number of carbonyl (C=O) groups is 1. The number of para-hydroxylation sites is 1. The van der Waals surface area contributed by atoms with E-state index in [0.717, 1.165) is 49.9 Å². The van der Waals surface area contributed by atoms with E-state index < -0.39 is 0 Å². The normalized spacial score (nSPS) is 19.6. The Kier molecular flexibility index (Phi) is 5.41. The van der Waals surface area contributed by atoms with Gasteiger partial charge in [0.1, 0.15) is 18.0 Å². The Labute approximate surface area is 165 Å². The first-order valence-corrected chi connectivity index (χ1v) is 9.78. The lowest BCUT2D eigenvalue weighted by molar-refractivity contribution is -0.126. The Hall–Kier alpha value is -3.09. The van der Waals surface area contributed by atoms with E-state index in [1.165, 1.54) is 6.08 Å². The van der Waals surface area contributed by atoms with E-state index in [1.807, 2.05) is 23.1 Å². The van der Waals surface area contributed by atoms with Crippen LogP contribution in [0.2, 0.25) is 0 Å². The van der Waals surface area contributed by atoms with Gasteiger partial charge in [0.05, 0.1) is 0 Å². The summed E-state index contributed by atoms with van der Waals surface area (Å²) in [4.78, 5) is 27.1. The van der Waals surface area contributed by atoms with Gasteiger partial charge in [-0.2, -0.15) is 0 Å². The van der Waals surface area contributed by atoms with Crippen LogP contribution in [0.3, 0.4) is 0 Å². The fraction of sp³-hybridized carbons (Fsp3) is 0.381. The first-order valence-electron chi connectivity index (χ1n) is 9.78. The number of anilines is 3. The zero-order valence-corrected chi connectivity index (χ0v) is 16.0. The average molecular weight is 378 g/mol. The SMILES string of the molecule is C=CC(=O)N1CCN(c2cc(N3CCC(Nc4ccccc4)C3)ncn2)CC1. The number of hydrogen-bond acceptors (Lipinski definition) is 6. The molecule has 146 valence electrons. The summed E-state index contributed by atoms with van der Waals surface area (Å²) in [5.41, 5.74) is 1.16. The largest absolute Gasteiger partial charge is 0.380 e. The predicted molar refractivity (Wildman–Crippen MR) is 112 cm³/mol. The number of rotatable bonds is 5. The molecule has 0 spiro atoms. The maximum Gasteiger partial charge on any atom is 0.246 e. The second-order valence-electron chi connectivity index (χ2n) is 7.19. The molecule has 0 saturated carbocycles. The van der Waals surface area contributed by atoms with Crippen LogP contribution >= 0.6 is 0 Å². The van der Waals surface area contributed by atoms with Gasteiger partial charge in [0.15, 0.2) is 0 Å². The van der Waals surface area contributed by atoms with Crippen molar-refractivity contribution in [3.8, 4) is 0 Å². The highest BCUT2D eigenvalue weighted by atomic mass is 16.2. The van der Waals surface area contributed by atoms with Crippen molar-refractivity contribution < 1.29 is 4.79 Å². The highest BCUT2D eigenvalue weighted by Crippen LogP contribution is 2.24. The first kappa shape index (κ1) is 18.3. The number of aromatic nitrogens is 2. The highest BCUT2D eigenvalue weighted by Gasteiger charge is 2.25. The van der Waals surface area contributed by atoms with Gasteiger partial charge in [0, 0.05) is 57.1 Å². The van der Waals surface area contributed by atoms with Crippen LogP contribution in [0.15, 0.2) is 55.4 Å². The molecule has 2 saturated heterocycles. The van der Waals surface area contributed by atoms with Crippen LogP contribution in [-0.4, -0.2) is 66.1 Å². The molecule has 28 heavy (non-hydrogen) atoms. The third-order valence-corrected chi connectivity index (χ3v) is 5.38. The van der Waals surface area contributed by atoms with Crippen LogP contribution < -0.4 is 15.1 Å². The predicted octanol–water partition coefficient (Wildman–Crippen LogP) is 2.00. The van der Waals surface area contributed by atoms with E-state index in [9.17, 15) is 4.79 Å². The molecule has 1 N–H and O–H groups in total. The molecule has 2 fully saturated rings. The molecular formula is C21H26N6O. The lowest BCUT2D eigenvalue weighted by atomic mass is 10.2. The number of benzene rings is 1. The van der Waals surface area contributed by atoms with Crippen molar-refractivity contribution >= 4 is 23.2 Å². The van der Waals surface area contributed by atoms with Gasteiger partial charge in [-0.05, 0) is 24.6 Å². The molecule has 1 amide bonds. The maximum absolute atomic E-state index is 11.8. The molecule has 2 aliphatic heterocycles. The van der Waals surface area contributed by atoms with Gasteiger partial charge in [-0.1, -0.05) is 24.8 Å². The van der Waals surface area contributed by atoms with E-state index >= 15 is 0 Å². The molecule has 1 aromatic heterocycles. The van der Waals surface area contributed by atoms with Crippen LogP contribution in [0.5, 0.6) is 0 Å². The summed E-state index contributed by atoms with van der Waals surface area (Å²) < 4.78 is 0. The monoisotopic (exact) mass is 378 g/mol. The molecule has 4 rings (SSSR count). The summed E-state index contributed by atoms with van der Waals surface area (Å²) in [5.74, 6) is 1.89. The molecule has 0 aliphatic carbocycles. The number of piperazine rings is 1. The lowest BCUT2D eigenvalue weighted by Gasteiger charge is -2.35. The molecule has 7 nitrogen and oxygen atoms in total. The summed E-state index contributed by atoms with van der Waals surface area (Å²) in [6.07, 6.45) is 4.10. The number of hydrogen-bond donors (Lipinski definition) is 1. The van der Waals surface area contributed by atoms with Crippen LogP contribution in [0, 0.1) is 0 Å². The topological polar surface area (TPSA) is 64.6 Å². The smallest absolute Gasteiger partial charge is 0.246 e. The van der Waals surface area contributed by atoms with E-state index in [4.69, 9.17) is 0 Å². The number of carbonyl (C=O) groups excluding carboxylic acids is 1. The molecule has 1 aromatic carbocycles. The Balaban J connectivity index is 1.37. The number of amides is 1. The highest BCUT2D eigenvalue weighted by molar-refractivity contribution is 5.87. The molecule has 2 aliphatic rings. The third kappa shape index (κ3) is 4.08. The van der Waals surface area contributed by atoms with Crippen LogP contribution in [-0.2, 0) is 4.79 Å². The first-order chi connectivity index (χ1) is 13.7. The fourth-order valence-corrected chi connectivity index (χ4v) is 3.82. The Morgan fingerprint density at radius 3 is 2.46 bits per heavy atom. The van der Waals surface area contributed by atoms with Gasteiger partial charge >= 0.3 is 0 Å². The Morgan fingerprint density at radius 2 is 1.75 bits per heavy atom. The quantitative estimate of drug-likeness (QED) is 0.803. The van der Waals surface area contributed by atoms with Crippen molar-refractivity contribution in [1.82, 2.24) is 14.9 Å². The van der Waals surface area contributed by atoms with Gasteiger partial charge in [-0.3, -0.25) is 4.79 Å². The molecule has 7 heteroatoms. The third-order valence-electron chi connectivity index (χ3n) is 5.38. The molecule has 0 bridgehead atoms. The van der Waals surface area contributed by atoms with Crippen molar-refractivity contribution in [2.45, 2.75) is 12.5 Å². The Morgan fingerprint density at radius 1 is 1.04 bits per heavy atom. The minimum Gasteiger partial charge on any atom is -0.380 e. The molecule has 2 aromatic rings. The molecule has 1 atom stereocenters. The minimum absolute atomic E-state index is 0.00273. The van der Waals surface area contributed by atoms with Crippen molar-refractivity contribution in [2.24, 2.45) is 0 Å². The summed E-state index contributed by atoms with van der Waals surface area (Å²) >= 11 is 0. The van der Waals surface area contributed by atoms with Crippen molar-refractivity contribution in [2.75, 3.05) is 54.4 Å². The molecule has 1 unspecified atom stereocenters. The standard InChI is InChI=1S/C21H26N6O/c1-2-21(28)26-12-10-25(11-13-26)19-14-20(23-16-22-19)27-9-8-18(15-27)24-17-6-4-3-5-7-17/h2-7,14,16,18,24H,1,8-13,15H2. The van der Waals surface area contributed by atoms with Crippen LogP contribution in [0.1, 0.15) is 6.42 Å². The van der Waals surface area contributed by atoms with Gasteiger partial charge in [-0.25, -0.2) is 9.97 Å². The molecule has 3 heterocycles. The van der Waals surface area contributed by atoms with Gasteiger partial charge < -0.3 is 20.0 Å². The summed E-state index contributed by atoms with van der Waals surface area (Å²) in [6.45, 7) is 8.39. The fourth-order valence-electron chi connectivity index (χ4n) is 3.82. The van der Waals surface area contributed by atoms with E-state index in [2.05, 4.69) is 49.9 Å². The average Bonchev–Trinajstić information content (AvgIpc) is 3.22. The van der Waals surface area contributed by atoms with Crippen molar-refractivity contribution in [3.05, 3.63) is 55.4 Å². The zero-order chi connectivity index (χ0) is 19.3. The number of nitrogens with one attached hydrogen (secondary N) is 1. The van der Waals surface area contributed by atoms with Gasteiger partial charge in [-0.15, -0.1) is 0 Å². The van der Waals surface area contributed by atoms with E-state index in [-0.39, 0.29) is 5.91 Å². The van der Waals surface area contributed by atoms with Crippen LogP contribution in [0.25, 0.3) is 0 Å². The van der Waals surface area contributed by atoms with E-state index in [0.29, 0.717) is 19.1 Å². The summed E-state index contributed by atoms with van der Waals surface area (Å²) in [5, 5.41) is 3.60. The summed E-state index contributed by atoms with van der Waals surface area (Å²) in [6, 6.07) is 12.8. The molecule has 0 radical (unpaired) electrons. The van der Waals surface area contributed by atoms with Crippen molar-refractivity contribution in [3.63, 3.8) is 0 Å². The van der Waals surface area contributed by atoms with Gasteiger partial charge in [0.2, 0.25) is 5.91 Å². The second-order valence-corrected chi connectivity index (χ2v) is 7.19. The van der Waals surface area contributed by atoms with Crippen LogP contribution in [0.4, 0.5) is 17.3 Å². The van der Waals surface area contributed by atoms with E-state index in [1.54, 1.807) is 6.33 Å². The van der Waals surface area contributed by atoms with Gasteiger partial charge in [0.25, 0.3) is 0 Å². The second kappa shape index (κ2) is 8.29. The number of nitrogens with zero attached hydrogens (tertiary/aromatic N) is 5. The van der Waals surface area contributed by atoms with Crippen molar-refractivity contribution in [1.29, 1.82) is 0 Å². The minimum atomic E-state index is -0.00273. The zero-order valence-electron chi connectivity index (χ0n) is 16.0. The summed E-state index contributed by atoms with van der Waals surface area (Å²) in [7, 11) is 0. The lowest BCUT2D eigenvalue weighted by Crippen LogP contribution is -2.48.